The van der Waals surface area contributed by atoms with Gasteiger partial charge >= 0.3 is 0 Å². The SMILES string of the molecule is Cc1cccc(Cl)c1CNO. The van der Waals surface area contributed by atoms with Crippen molar-refractivity contribution in [3.05, 3.63) is 34.3 Å². The van der Waals surface area contributed by atoms with E-state index in [4.69, 9.17) is 16.8 Å². The van der Waals surface area contributed by atoms with Gasteiger partial charge in [-0.25, -0.2) is 5.48 Å². The van der Waals surface area contributed by atoms with Crippen LogP contribution in [0.25, 0.3) is 0 Å². The summed E-state index contributed by atoms with van der Waals surface area (Å²) < 4.78 is 0. The number of rotatable bonds is 2. The minimum absolute atomic E-state index is 0.394. The standard InChI is InChI=1S/C8H10ClNO/c1-6-3-2-4-8(9)7(6)5-10-11/h2-4,10-11H,5H2,1H3. The van der Waals surface area contributed by atoms with Gasteiger partial charge < -0.3 is 5.21 Å². The number of halogens is 1. The summed E-state index contributed by atoms with van der Waals surface area (Å²) in [6.07, 6.45) is 0. The zero-order valence-electron chi connectivity index (χ0n) is 6.26. The van der Waals surface area contributed by atoms with Gasteiger partial charge in [0.05, 0.1) is 0 Å². The van der Waals surface area contributed by atoms with Crippen molar-refractivity contribution < 1.29 is 5.21 Å². The quantitative estimate of drug-likeness (QED) is 0.669. The topological polar surface area (TPSA) is 32.3 Å². The lowest BCUT2D eigenvalue weighted by Gasteiger charge is -2.05. The summed E-state index contributed by atoms with van der Waals surface area (Å²) in [6, 6.07) is 5.65. The molecule has 3 heteroatoms. The molecular weight excluding hydrogens is 162 g/mol. The van der Waals surface area contributed by atoms with Gasteiger partial charge in [-0.3, -0.25) is 0 Å². The van der Waals surface area contributed by atoms with Crippen LogP contribution in [0.2, 0.25) is 5.02 Å². The number of benzene rings is 1. The fourth-order valence-corrected chi connectivity index (χ4v) is 1.26. The third-order valence-electron chi connectivity index (χ3n) is 1.61. The zero-order chi connectivity index (χ0) is 8.27. The fourth-order valence-electron chi connectivity index (χ4n) is 0.969. The van der Waals surface area contributed by atoms with E-state index in [-0.39, 0.29) is 0 Å². The van der Waals surface area contributed by atoms with Crippen LogP contribution in [0.5, 0.6) is 0 Å². The minimum atomic E-state index is 0.394. The van der Waals surface area contributed by atoms with Crippen LogP contribution in [0.4, 0.5) is 0 Å². The fraction of sp³-hybridized carbons (Fsp3) is 0.250. The minimum Gasteiger partial charge on any atom is -0.316 e. The molecule has 1 aromatic carbocycles. The van der Waals surface area contributed by atoms with Crippen LogP contribution in [0.3, 0.4) is 0 Å². The Morgan fingerprint density at radius 1 is 1.55 bits per heavy atom. The summed E-state index contributed by atoms with van der Waals surface area (Å²) >= 11 is 5.86. The summed E-state index contributed by atoms with van der Waals surface area (Å²) in [7, 11) is 0. The van der Waals surface area contributed by atoms with Crippen molar-refractivity contribution in [1.82, 2.24) is 5.48 Å². The molecule has 0 fully saturated rings. The van der Waals surface area contributed by atoms with Gasteiger partial charge in [0.25, 0.3) is 0 Å². The Labute approximate surface area is 70.8 Å². The van der Waals surface area contributed by atoms with E-state index >= 15 is 0 Å². The predicted octanol–water partition coefficient (Wildman–Crippen LogP) is 2.13. The Morgan fingerprint density at radius 3 is 2.82 bits per heavy atom. The van der Waals surface area contributed by atoms with E-state index in [1.807, 2.05) is 19.1 Å². The van der Waals surface area contributed by atoms with Crippen molar-refractivity contribution in [2.45, 2.75) is 13.5 Å². The van der Waals surface area contributed by atoms with Gasteiger partial charge in [-0.15, -0.1) is 0 Å². The van der Waals surface area contributed by atoms with Crippen molar-refractivity contribution in [3.8, 4) is 0 Å². The maximum Gasteiger partial charge on any atom is 0.0475 e. The van der Waals surface area contributed by atoms with E-state index in [2.05, 4.69) is 5.48 Å². The van der Waals surface area contributed by atoms with E-state index in [1.54, 1.807) is 6.07 Å². The molecule has 0 aliphatic carbocycles. The molecule has 1 rings (SSSR count). The van der Waals surface area contributed by atoms with Gasteiger partial charge in [0, 0.05) is 11.6 Å². The van der Waals surface area contributed by atoms with Gasteiger partial charge in [0.1, 0.15) is 0 Å². The number of aryl methyl sites for hydroxylation is 1. The van der Waals surface area contributed by atoms with Gasteiger partial charge in [0.2, 0.25) is 0 Å². The van der Waals surface area contributed by atoms with Crippen LogP contribution < -0.4 is 5.48 Å². The lowest BCUT2D eigenvalue weighted by Crippen LogP contribution is -2.07. The van der Waals surface area contributed by atoms with Crippen molar-refractivity contribution in [2.24, 2.45) is 0 Å². The smallest absolute Gasteiger partial charge is 0.0475 e. The molecule has 0 radical (unpaired) electrons. The number of nitrogens with one attached hydrogen (secondary N) is 1. The van der Waals surface area contributed by atoms with Crippen molar-refractivity contribution >= 4 is 11.6 Å². The monoisotopic (exact) mass is 171 g/mol. The first-order valence-electron chi connectivity index (χ1n) is 3.36. The van der Waals surface area contributed by atoms with Gasteiger partial charge in [0.15, 0.2) is 0 Å². The average molecular weight is 172 g/mol. The lowest BCUT2D eigenvalue weighted by atomic mass is 10.1. The van der Waals surface area contributed by atoms with E-state index in [9.17, 15) is 0 Å². The molecule has 0 heterocycles. The molecule has 11 heavy (non-hydrogen) atoms. The highest BCUT2D eigenvalue weighted by molar-refractivity contribution is 6.31. The zero-order valence-corrected chi connectivity index (χ0v) is 7.02. The molecule has 0 unspecified atom stereocenters. The first-order chi connectivity index (χ1) is 5.25. The molecule has 0 atom stereocenters. The third kappa shape index (κ3) is 1.93. The molecule has 0 saturated heterocycles. The van der Waals surface area contributed by atoms with Crippen molar-refractivity contribution in [1.29, 1.82) is 0 Å². The molecule has 2 nitrogen and oxygen atoms in total. The molecular formula is C8H10ClNO. The number of hydrogen-bond acceptors (Lipinski definition) is 2. The van der Waals surface area contributed by atoms with Crippen LogP contribution in [-0.2, 0) is 6.54 Å². The molecule has 2 N–H and O–H groups in total. The Bertz CT molecular complexity index is 230. The molecule has 1 aromatic rings. The Balaban J connectivity index is 3.00. The van der Waals surface area contributed by atoms with Crippen LogP contribution in [-0.4, -0.2) is 5.21 Å². The Hall–Kier alpha value is -0.570. The Morgan fingerprint density at radius 2 is 2.27 bits per heavy atom. The molecule has 0 bridgehead atoms. The first kappa shape index (κ1) is 8.53. The van der Waals surface area contributed by atoms with Crippen LogP contribution in [0, 0.1) is 6.92 Å². The maximum absolute atomic E-state index is 8.46. The molecule has 0 aromatic heterocycles. The second-order valence-corrected chi connectivity index (χ2v) is 2.78. The second-order valence-electron chi connectivity index (χ2n) is 2.37. The van der Waals surface area contributed by atoms with E-state index in [0.717, 1.165) is 11.1 Å². The van der Waals surface area contributed by atoms with Crippen LogP contribution >= 0.6 is 11.6 Å². The molecule has 60 valence electrons. The van der Waals surface area contributed by atoms with E-state index in [1.165, 1.54) is 0 Å². The third-order valence-corrected chi connectivity index (χ3v) is 1.96. The van der Waals surface area contributed by atoms with Gasteiger partial charge in [-0.05, 0) is 24.1 Å². The molecule has 0 aliphatic heterocycles. The second kappa shape index (κ2) is 3.72. The van der Waals surface area contributed by atoms with Crippen LogP contribution in [0.1, 0.15) is 11.1 Å². The highest BCUT2D eigenvalue weighted by atomic mass is 35.5. The normalized spacial score (nSPS) is 10.1. The highest BCUT2D eigenvalue weighted by Gasteiger charge is 2.00. The van der Waals surface area contributed by atoms with E-state index < -0.39 is 0 Å². The molecule has 0 amide bonds. The number of hydroxylamine groups is 1. The van der Waals surface area contributed by atoms with E-state index in [0.29, 0.717) is 11.6 Å². The highest BCUT2D eigenvalue weighted by Crippen LogP contribution is 2.18. The average Bonchev–Trinajstić information content (AvgIpc) is 1.97. The lowest BCUT2D eigenvalue weighted by molar-refractivity contribution is 0.161. The maximum atomic E-state index is 8.46. The predicted molar refractivity (Wildman–Crippen MR) is 44.8 cm³/mol. The van der Waals surface area contributed by atoms with Crippen LogP contribution in [0.15, 0.2) is 18.2 Å². The summed E-state index contributed by atoms with van der Waals surface area (Å²) in [5.74, 6) is 0. The van der Waals surface area contributed by atoms with Gasteiger partial charge in [-0.2, -0.15) is 0 Å². The molecule has 0 spiro atoms. The summed E-state index contributed by atoms with van der Waals surface area (Å²) in [6.45, 7) is 2.35. The summed E-state index contributed by atoms with van der Waals surface area (Å²) in [5.41, 5.74) is 4.11. The summed E-state index contributed by atoms with van der Waals surface area (Å²) in [5, 5.41) is 9.15. The largest absolute Gasteiger partial charge is 0.316 e. The molecule has 0 saturated carbocycles. The number of hydrogen-bond donors (Lipinski definition) is 2. The Kier molecular flexibility index (Phi) is 2.88. The van der Waals surface area contributed by atoms with Crippen molar-refractivity contribution in [3.63, 3.8) is 0 Å². The van der Waals surface area contributed by atoms with Gasteiger partial charge in [-0.1, -0.05) is 23.7 Å². The van der Waals surface area contributed by atoms with Crippen molar-refractivity contribution in [2.75, 3.05) is 0 Å². The molecule has 0 aliphatic rings. The first-order valence-corrected chi connectivity index (χ1v) is 3.74. The summed E-state index contributed by atoms with van der Waals surface area (Å²) in [4.78, 5) is 0.